The molecule has 6 heteroatoms. The Kier molecular flexibility index (Phi) is 3.40. The largest absolute Gasteiger partial charge is 0.435 e. The van der Waals surface area contributed by atoms with E-state index in [1.54, 1.807) is 4.68 Å². The molecule has 102 valence electrons. The number of aromatic nitrogens is 2. The molecule has 1 N–H and O–H groups in total. The maximum absolute atomic E-state index is 12.9. The Bertz CT molecular complexity index is 429. The average Bonchev–Trinajstić information content (AvgIpc) is 2.81. The molecule has 1 aliphatic heterocycles. The molecule has 2 rings (SSSR count). The van der Waals surface area contributed by atoms with Crippen molar-refractivity contribution >= 4 is 0 Å². The number of nitrogens with one attached hydrogen (secondary N) is 1. The summed E-state index contributed by atoms with van der Waals surface area (Å²) in [7, 11) is 0. The van der Waals surface area contributed by atoms with Gasteiger partial charge in [-0.3, -0.25) is 4.68 Å². The van der Waals surface area contributed by atoms with Crippen molar-refractivity contribution in [1.29, 1.82) is 0 Å². The lowest BCUT2D eigenvalue weighted by atomic mass is 10.0. The van der Waals surface area contributed by atoms with Crippen molar-refractivity contribution < 1.29 is 13.2 Å². The zero-order valence-corrected chi connectivity index (χ0v) is 10.8. The summed E-state index contributed by atoms with van der Waals surface area (Å²) >= 11 is 0. The van der Waals surface area contributed by atoms with Crippen molar-refractivity contribution in [2.75, 3.05) is 13.1 Å². The molecule has 1 aromatic rings. The molecule has 0 saturated carbocycles. The molecule has 1 aliphatic rings. The van der Waals surface area contributed by atoms with E-state index in [0.717, 1.165) is 13.0 Å². The van der Waals surface area contributed by atoms with Gasteiger partial charge in [0.1, 0.15) is 0 Å². The standard InChI is InChI=1S/C12H18F3N3/c1-7(2)10-8(3)11(12(13,14)15)17-18(10)9-4-5-16-6-9/h7,9,16H,4-6H2,1-3H3. The minimum absolute atomic E-state index is 0.0363. The Morgan fingerprint density at radius 1 is 1.39 bits per heavy atom. The zero-order valence-electron chi connectivity index (χ0n) is 10.8. The molecule has 0 bridgehead atoms. The van der Waals surface area contributed by atoms with E-state index >= 15 is 0 Å². The Hall–Kier alpha value is -1.04. The van der Waals surface area contributed by atoms with Gasteiger partial charge in [-0.05, 0) is 25.8 Å². The van der Waals surface area contributed by atoms with Crippen molar-refractivity contribution in [2.45, 2.75) is 45.3 Å². The third-order valence-electron chi connectivity index (χ3n) is 3.39. The van der Waals surface area contributed by atoms with E-state index in [0.29, 0.717) is 12.2 Å². The highest BCUT2D eigenvalue weighted by Gasteiger charge is 2.39. The van der Waals surface area contributed by atoms with Crippen LogP contribution in [0, 0.1) is 6.92 Å². The predicted molar refractivity (Wildman–Crippen MR) is 62.6 cm³/mol. The summed E-state index contributed by atoms with van der Waals surface area (Å²) in [4.78, 5) is 0. The lowest BCUT2D eigenvalue weighted by molar-refractivity contribution is -0.142. The van der Waals surface area contributed by atoms with Crippen molar-refractivity contribution in [3.8, 4) is 0 Å². The van der Waals surface area contributed by atoms with Crippen molar-refractivity contribution in [1.82, 2.24) is 15.1 Å². The molecule has 18 heavy (non-hydrogen) atoms. The fourth-order valence-electron chi connectivity index (χ4n) is 2.62. The highest BCUT2D eigenvalue weighted by atomic mass is 19.4. The molecule has 0 spiro atoms. The van der Waals surface area contributed by atoms with Gasteiger partial charge in [-0.1, -0.05) is 13.8 Å². The molecule has 0 aromatic carbocycles. The Morgan fingerprint density at radius 2 is 2.06 bits per heavy atom. The maximum Gasteiger partial charge on any atom is 0.435 e. The van der Waals surface area contributed by atoms with Gasteiger partial charge in [0.2, 0.25) is 0 Å². The summed E-state index contributed by atoms with van der Waals surface area (Å²) in [5.74, 6) is 0.0363. The number of halogens is 3. The number of rotatable bonds is 2. The highest BCUT2D eigenvalue weighted by molar-refractivity contribution is 5.29. The van der Waals surface area contributed by atoms with Crippen LogP contribution in [0.5, 0.6) is 0 Å². The average molecular weight is 261 g/mol. The zero-order chi connectivity index (χ0) is 13.5. The Morgan fingerprint density at radius 3 is 2.50 bits per heavy atom. The minimum Gasteiger partial charge on any atom is -0.315 e. The van der Waals surface area contributed by atoms with E-state index in [1.165, 1.54) is 6.92 Å². The quantitative estimate of drug-likeness (QED) is 0.887. The van der Waals surface area contributed by atoms with Crippen LogP contribution in [-0.2, 0) is 6.18 Å². The molecule has 1 atom stereocenters. The number of hydrogen-bond acceptors (Lipinski definition) is 2. The SMILES string of the molecule is Cc1c(C(F)(F)F)nn(C2CCNC2)c1C(C)C. The van der Waals surface area contributed by atoms with Crippen LogP contribution >= 0.6 is 0 Å². The molecule has 1 saturated heterocycles. The van der Waals surface area contributed by atoms with Gasteiger partial charge in [0, 0.05) is 17.8 Å². The second-order valence-electron chi connectivity index (χ2n) is 5.10. The van der Waals surface area contributed by atoms with Gasteiger partial charge < -0.3 is 5.32 Å². The first-order valence-electron chi connectivity index (χ1n) is 6.19. The van der Waals surface area contributed by atoms with Gasteiger partial charge in [-0.2, -0.15) is 18.3 Å². The number of alkyl halides is 3. The van der Waals surface area contributed by atoms with Crippen LogP contribution in [0.25, 0.3) is 0 Å². The summed E-state index contributed by atoms with van der Waals surface area (Å²) in [6.07, 6.45) is -3.54. The molecule has 1 aromatic heterocycles. The fourth-order valence-corrected chi connectivity index (χ4v) is 2.62. The molecular weight excluding hydrogens is 243 g/mol. The first-order chi connectivity index (χ1) is 8.32. The van der Waals surface area contributed by atoms with Crippen molar-refractivity contribution in [2.24, 2.45) is 0 Å². The molecule has 0 amide bonds. The van der Waals surface area contributed by atoms with Crippen molar-refractivity contribution in [3.05, 3.63) is 17.0 Å². The van der Waals surface area contributed by atoms with E-state index in [2.05, 4.69) is 10.4 Å². The number of nitrogens with zero attached hydrogens (tertiary/aromatic N) is 2. The molecule has 0 radical (unpaired) electrons. The molecule has 3 nitrogen and oxygen atoms in total. The second kappa shape index (κ2) is 4.57. The first-order valence-corrected chi connectivity index (χ1v) is 6.19. The monoisotopic (exact) mass is 261 g/mol. The molecular formula is C12H18F3N3. The maximum atomic E-state index is 12.9. The van der Waals surface area contributed by atoms with E-state index in [-0.39, 0.29) is 17.5 Å². The number of hydrogen-bond donors (Lipinski definition) is 1. The van der Waals surface area contributed by atoms with E-state index < -0.39 is 11.9 Å². The third kappa shape index (κ3) is 2.25. The summed E-state index contributed by atoms with van der Waals surface area (Å²) < 4.78 is 40.3. The predicted octanol–water partition coefficient (Wildman–Crippen LogP) is 2.87. The Labute approximate surface area is 104 Å². The summed E-state index contributed by atoms with van der Waals surface area (Å²) in [6, 6.07) is 0.0391. The van der Waals surface area contributed by atoms with Crippen LogP contribution in [0.3, 0.4) is 0 Å². The van der Waals surface area contributed by atoms with E-state index in [9.17, 15) is 13.2 Å². The normalized spacial score (nSPS) is 20.9. The van der Waals surface area contributed by atoms with Crippen LogP contribution in [0.4, 0.5) is 13.2 Å². The second-order valence-corrected chi connectivity index (χ2v) is 5.10. The van der Waals surface area contributed by atoms with Crippen LogP contribution in [0.2, 0.25) is 0 Å². The molecule has 0 aliphatic carbocycles. The van der Waals surface area contributed by atoms with Crippen LogP contribution < -0.4 is 5.32 Å². The summed E-state index contributed by atoms with van der Waals surface area (Å²) in [5.41, 5.74) is 0.235. The molecule has 2 heterocycles. The van der Waals surface area contributed by atoms with Crippen LogP contribution in [0.1, 0.15) is 49.2 Å². The van der Waals surface area contributed by atoms with E-state index in [1.807, 2.05) is 13.8 Å². The van der Waals surface area contributed by atoms with Crippen molar-refractivity contribution in [3.63, 3.8) is 0 Å². The van der Waals surface area contributed by atoms with Gasteiger partial charge in [-0.25, -0.2) is 0 Å². The van der Waals surface area contributed by atoms with Gasteiger partial charge in [0.05, 0.1) is 6.04 Å². The summed E-state index contributed by atoms with van der Waals surface area (Å²) in [5, 5.41) is 7.00. The van der Waals surface area contributed by atoms with Gasteiger partial charge >= 0.3 is 6.18 Å². The smallest absolute Gasteiger partial charge is 0.315 e. The van der Waals surface area contributed by atoms with Crippen LogP contribution in [0.15, 0.2) is 0 Å². The summed E-state index contributed by atoms with van der Waals surface area (Å²) in [6.45, 7) is 6.86. The highest BCUT2D eigenvalue weighted by Crippen LogP contribution is 2.36. The van der Waals surface area contributed by atoms with Crippen LogP contribution in [-0.4, -0.2) is 22.9 Å². The van der Waals surface area contributed by atoms with Gasteiger partial charge in [0.25, 0.3) is 0 Å². The third-order valence-corrected chi connectivity index (χ3v) is 3.39. The molecule has 1 fully saturated rings. The van der Waals surface area contributed by atoms with Gasteiger partial charge in [-0.15, -0.1) is 0 Å². The minimum atomic E-state index is -4.37. The molecule has 1 unspecified atom stereocenters. The lowest BCUT2D eigenvalue weighted by Gasteiger charge is -2.16. The fraction of sp³-hybridized carbons (Fsp3) is 0.750. The topological polar surface area (TPSA) is 29.9 Å². The first kappa shape index (κ1) is 13.4. The Balaban J connectivity index is 2.50. The lowest BCUT2D eigenvalue weighted by Crippen LogP contribution is -2.18. The van der Waals surface area contributed by atoms with Gasteiger partial charge in [0.15, 0.2) is 5.69 Å². The van der Waals surface area contributed by atoms with E-state index in [4.69, 9.17) is 0 Å².